The minimum Gasteiger partial charge on any atom is -0.339 e. The standard InChI is InChI=1S/C13H17N3OS/c1-9-6-18-7-10(9)12-15-11(17-16-12)5-13(8-14)3-2-4-13/h6-7H,2-5,8,14H2,1H3. The fourth-order valence-electron chi connectivity index (χ4n) is 2.48. The van der Waals surface area contributed by atoms with Gasteiger partial charge >= 0.3 is 0 Å². The molecule has 0 atom stereocenters. The van der Waals surface area contributed by atoms with E-state index in [2.05, 4.69) is 27.8 Å². The van der Waals surface area contributed by atoms with E-state index in [-0.39, 0.29) is 5.41 Å². The first-order chi connectivity index (χ1) is 8.72. The molecule has 0 bridgehead atoms. The van der Waals surface area contributed by atoms with Gasteiger partial charge in [0.25, 0.3) is 0 Å². The van der Waals surface area contributed by atoms with Gasteiger partial charge in [0.05, 0.1) is 0 Å². The maximum Gasteiger partial charge on any atom is 0.227 e. The van der Waals surface area contributed by atoms with Crippen LogP contribution in [0.15, 0.2) is 15.3 Å². The fraction of sp³-hybridized carbons (Fsp3) is 0.538. The van der Waals surface area contributed by atoms with Crippen LogP contribution in [0.2, 0.25) is 0 Å². The largest absolute Gasteiger partial charge is 0.339 e. The zero-order chi connectivity index (χ0) is 12.6. The van der Waals surface area contributed by atoms with Crippen LogP contribution in [0.1, 0.15) is 30.7 Å². The van der Waals surface area contributed by atoms with Crippen LogP contribution in [0.4, 0.5) is 0 Å². The lowest BCUT2D eigenvalue weighted by Crippen LogP contribution is -2.39. The smallest absolute Gasteiger partial charge is 0.227 e. The molecule has 2 N–H and O–H groups in total. The van der Waals surface area contributed by atoms with Crippen molar-refractivity contribution in [2.45, 2.75) is 32.6 Å². The summed E-state index contributed by atoms with van der Waals surface area (Å²) in [6, 6.07) is 0. The zero-order valence-electron chi connectivity index (χ0n) is 10.5. The van der Waals surface area contributed by atoms with E-state index >= 15 is 0 Å². The minimum absolute atomic E-state index is 0.216. The highest BCUT2D eigenvalue weighted by Crippen LogP contribution is 2.42. The molecule has 18 heavy (non-hydrogen) atoms. The molecular weight excluding hydrogens is 246 g/mol. The molecule has 0 aliphatic heterocycles. The van der Waals surface area contributed by atoms with Crippen molar-refractivity contribution in [2.75, 3.05) is 6.54 Å². The number of hydrogen-bond acceptors (Lipinski definition) is 5. The number of nitrogens with two attached hydrogens (primary N) is 1. The van der Waals surface area contributed by atoms with Crippen molar-refractivity contribution in [2.24, 2.45) is 11.1 Å². The molecule has 0 radical (unpaired) electrons. The molecule has 96 valence electrons. The van der Waals surface area contributed by atoms with Crippen LogP contribution < -0.4 is 5.73 Å². The Hall–Kier alpha value is -1.20. The molecule has 1 aliphatic rings. The second kappa shape index (κ2) is 4.48. The summed E-state index contributed by atoms with van der Waals surface area (Å²) in [6.07, 6.45) is 4.44. The Labute approximate surface area is 110 Å². The van der Waals surface area contributed by atoms with Crippen molar-refractivity contribution in [1.82, 2.24) is 10.1 Å². The van der Waals surface area contributed by atoms with Gasteiger partial charge in [0.1, 0.15) is 0 Å². The van der Waals surface area contributed by atoms with E-state index in [9.17, 15) is 0 Å². The molecular formula is C13H17N3OS. The van der Waals surface area contributed by atoms with Gasteiger partial charge < -0.3 is 10.3 Å². The van der Waals surface area contributed by atoms with Crippen LogP contribution in [0.3, 0.4) is 0 Å². The molecule has 5 heteroatoms. The van der Waals surface area contributed by atoms with Crippen molar-refractivity contribution in [3.05, 3.63) is 22.2 Å². The van der Waals surface area contributed by atoms with Crippen LogP contribution in [0.5, 0.6) is 0 Å². The van der Waals surface area contributed by atoms with Gasteiger partial charge in [-0.15, -0.1) is 0 Å². The summed E-state index contributed by atoms with van der Waals surface area (Å²) in [4.78, 5) is 4.50. The maximum absolute atomic E-state index is 5.85. The number of thiophene rings is 1. The van der Waals surface area contributed by atoms with E-state index in [4.69, 9.17) is 10.3 Å². The van der Waals surface area contributed by atoms with Crippen LogP contribution in [-0.4, -0.2) is 16.7 Å². The number of nitrogens with zero attached hydrogens (tertiary/aromatic N) is 2. The normalized spacial score (nSPS) is 17.7. The Bertz CT molecular complexity index is 536. The number of rotatable bonds is 4. The topological polar surface area (TPSA) is 64.9 Å². The van der Waals surface area contributed by atoms with Gasteiger partial charge in [0, 0.05) is 17.4 Å². The van der Waals surface area contributed by atoms with Crippen molar-refractivity contribution >= 4 is 11.3 Å². The van der Waals surface area contributed by atoms with Gasteiger partial charge in [0.2, 0.25) is 11.7 Å². The van der Waals surface area contributed by atoms with Crippen molar-refractivity contribution in [1.29, 1.82) is 0 Å². The molecule has 2 aromatic heterocycles. The quantitative estimate of drug-likeness (QED) is 0.921. The maximum atomic E-state index is 5.85. The summed E-state index contributed by atoms with van der Waals surface area (Å²) in [7, 11) is 0. The van der Waals surface area contributed by atoms with Crippen molar-refractivity contribution in [3.63, 3.8) is 0 Å². The second-order valence-corrected chi connectivity index (χ2v) is 5.96. The van der Waals surface area contributed by atoms with Gasteiger partial charge in [-0.1, -0.05) is 11.6 Å². The van der Waals surface area contributed by atoms with Gasteiger partial charge in [-0.25, -0.2) is 0 Å². The summed E-state index contributed by atoms with van der Waals surface area (Å²) >= 11 is 1.66. The first-order valence-corrected chi connectivity index (χ1v) is 7.23. The average Bonchev–Trinajstić information content (AvgIpc) is 2.92. The highest BCUT2D eigenvalue weighted by atomic mass is 32.1. The lowest BCUT2D eigenvalue weighted by molar-refractivity contribution is 0.129. The predicted molar refractivity (Wildman–Crippen MR) is 71.4 cm³/mol. The fourth-order valence-corrected chi connectivity index (χ4v) is 3.30. The Morgan fingerprint density at radius 3 is 2.83 bits per heavy atom. The predicted octanol–water partition coefficient (Wildman–Crippen LogP) is 2.78. The van der Waals surface area contributed by atoms with E-state index < -0.39 is 0 Å². The first kappa shape index (κ1) is 11.9. The summed E-state index contributed by atoms with van der Waals surface area (Å²) < 4.78 is 5.36. The molecule has 0 unspecified atom stereocenters. The van der Waals surface area contributed by atoms with Gasteiger partial charge in [-0.3, -0.25) is 0 Å². The van der Waals surface area contributed by atoms with Crippen LogP contribution in [0, 0.1) is 12.3 Å². The van der Waals surface area contributed by atoms with E-state index in [1.165, 1.54) is 24.8 Å². The van der Waals surface area contributed by atoms with E-state index in [1.54, 1.807) is 11.3 Å². The molecule has 1 aliphatic carbocycles. The van der Waals surface area contributed by atoms with Crippen LogP contribution >= 0.6 is 11.3 Å². The molecule has 1 saturated carbocycles. The summed E-state index contributed by atoms with van der Waals surface area (Å²) in [5, 5.41) is 8.23. The van der Waals surface area contributed by atoms with Gasteiger partial charge in [-0.05, 0) is 42.7 Å². The Morgan fingerprint density at radius 2 is 2.28 bits per heavy atom. The second-order valence-electron chi connectivity index (χ2n) is 5.21. The molecule has 2 aromatic rings. The van der Waals surface area contributed by atoms with E-state index in [0.29, 0.717) is 12.4 Å². The molecule has 1 fully saturated rings. The monoisotopic (exact) mass is 263 g/mol. The average molecular weight is 263 g/mol. The molecule has 0 saturated heterocycles. The summed E-state index contributed by atoms with van der Waals surface area (Å²) in [5.74, 6) is 1.43. The highest BCUT2D eigenvalue weighted by Gasteiger charge is 2.37. The van der Waals surface area contributed by atoms with Gasteiger partial charge in [-0.2, -0.15) is 16.3 Å². The lowest BCUT2D eigenvalue weighted by atomic mass is 9.67. The molecule has 0 aromatic carbocycles. The first-order valence-electron chi connectivity index (χ1n) is 6.28. The Balaban J connectivity index is 1.80. The number of hydrogen-bond donors (Lipinski definition) is 1. The van der Waals surface area contributed by atoms with Crippen LogP contribution in [-0.2, 0) is 6.42 Å². The van der Waals surface area contributed by atoms with Crippen molar-refractivity contribution < 1.29 is 4.52 Å². The number of aromatic nitrogens is 2. The molecule has 3 rings (SSSR count). The Morgan fingerprint density at radius 1 is 1.44 bits per heavy atom. The lowest BCUT2D eigenvalue weighted by Gasteiger charge is -2.39. The van der Waals surface area contributed by atoms with Crippen LogP contribution in [0.25, 0.3) is 11.4 Å². The highest BCUT2D eigenvalue weighted by molar-refractivity contribution is 7.08. The third-order valence-electron chi connectivity index (χ3n) is 3.94. The van der Waals surface area contributed by atoms with E-state index in [0.717, 1.165) is 17.9 Å². The molecule has 4 nitrogen and oxygen atoms in total. The molecule has 2 heterocycles. The van der Waals surface area contributed by atoms with E-state index in [1.807, 2.05) is 0 Å². The van der Waals surface area contributed by atoms with Crippen molar-refractivity contribution in [3.8, 4) is 11.4 Å². The summed E-state index contributed by atoms with van der Waals surface area (Å²) in [6.45, 7) is 2.78. The van der Waals surface area contributed by atoms with Gasteiger partial charge in [0.15, 0.2) is 0 Å². The number of aryl methyl sites for hydroxylation is 1. The third kappa shape index (κ3) is 1.97. The summed E-state index contributed by atoms with van der Waals surface area (Å²) in [5.41, 5.74) is 8.34. The Kier molecular flexibility index (Phi) is 2.95. The SMILES string of the molecule is Cc1cscc1-c1noc(CC2(CN)CCC2)n1. The minimum atomic E-state index is 0.216. The third-order valence-corrected chi connectivity index (χ3v) is 4.80. The molecule has 0 amide bonds. The molecule has 0 spiro atoms. The zero-order valence-corrected chi connectivity index (χ0v) is 11.3.